The van der Waals surface area contributed by atoms with E-state index in [2.05, 4.69) is 42.5 Å². The Bertz CT molecular complexity index is 430. The minimum atomic E-state index is 0.293. The molecule has 1 aromatic carbocycles. The van der Waals surface area contributed by atoms with Gasteiger partial charge in [0.05, 0.1) is 12.7 Å². The van der Waals surface area contributed by atoms with Crippen LogP contribution in [0.15, 0.2) is 48.1 Å². The molecule has 1 aromatic rings. The van der Waals surface area contributed by atoms with E-state index in [4.69, 9.17) is 4.74 Å². The molecule has 0 saturated carbocycles. The van der Waals surface area contributed by atoms with Crippen molar-refractivity contribution in [2.45, 2.75) is 25.4 Å². The van der Waals surface area contributed by atoms with Crippen LogP contribution in [0.5, 0.6) is 0 Å². The molecule has 2 atom stereocenters. The van der Waals surface area contributed by atoms with E-state index in [1.165, 1.54) is 30.4 Å². The second-order valence-electron chi connectivity index (χ2n) is 4.86. The van der Waals surface area contributed by atoms with Gasteiger partial charge in [0.1, 0.15) is 0 Å². The molecular formula is C16H18O. The topological polar surface area (TPSA) is 9.23 Å². The molecule has 88 valence electrons. The summed E-state index contributed by atoms with van der Waals surface area (Å²) in [6.07, 6.45) is 10.9. The number of fused-ring (bicyclic) bond motifs is 1. The monoisotopic (exact) mass is 226 g/mol. The van der Waals surface area contributed by atoms with E-state index in [0.717, 1.165) is 6.61 Å². The average Bonchev–Trinajstić information content (AvgIpc) is 2.81. The molecule has 1 nitrogen and oxygen atoms in total. The molecular weight excluding hydrogens is 208 g/mol. The molecule has 0 bridgehead atoms. The quantitative estimate of drug-likeness (QED) is 0.696. The number of hydrogen-bond donors (Lipinski definition) is 0. The second-order valence-corrected chi connectivity index (χ2v) is 4.86. The van der Waals surface area contributed by atoms with Gasteiger partial charge in [0.2, 0.25) is 0 Å². The predicted octanol–water partition coefficient (Wildman–Crippen LogP) is 3.83. The van der Waals surface area contributed by atoms with Crippen LogP contribution in [0.4, 0.5) is 0 Å². The number of hydrogen-bond acceptors (Lipinski definition) is 1. The lowest BCUT2D eigenvalue weighted by Crippen LogP contribution is -2.15. The van der Waals surface area contributed by atoms with Gasteiger partial charge in [-0.3, -0.25) is 0 Å². The van der Waals surface area contributed by atoms with Gasteiger partial charge < -0.3 is 4.74 Å². The summed E-state index contributed by atoms with van der Waals surface area (Å²) in [5.41, 5.74) is 2.78. The summed E-state index contributed by atoms with van der Waals surface area (Å²) in [6.45, 7) is 0.842. The summed E-state index contributed by atoms with van der Waals surface area (Å²) in [5.74, 6) is 0.642. The lowest BCUT2D eigenvalue weighted by Gasteiger charge is -2.19. The standard InChI is InChI=1S/C16H18O/c1-2-6-13(7-3-1)10-11-16-15-9-5-4-8-14(15)12-17-16/h1-3,6-8,10-11,15-16H,4-5,9,12H2/b11-10+/t15-,16-/m0/s1. The minimum absolute atomic E-state index is 0.293. The molecule has 1 aliphatic carbocycles. The van der Waals surface area contributed by atoms with E-state index in [-0.39, 0.29) is 0 Å². The Labute approximate surface area is 103 Å². The molecule has 0 radical (unpaired) electrons. The highest BCUT2D eigenvalue weighted by Gasteiger charge is 2.31. The molecule has 1 aliphatic heterocycles. The highest BCUT2D eigenvalue weighted by molar-refractivity contribution is 5.49. The predicted molar refractivity (Wildman–Crippen MR) is 70.6 cm³/mol. The van der Waals surface area contributed by atoms with Crippen LogP contribution < -0.4 is 0 Å². The molecule has 1 heteroatoms. The number of rotatable bonds is 2. The second kappa shape index (κ2) is 4.89. The highest BCUT2D eigenvalue weighted by Crippen LogP contribution is 2.35. The van der Waals surface area contributed by atoms with Crippen molar-refractivity contribution >= 4 is 6.08 Å². The Morgan fingerprint density at radius 1 is 1.18 bits per heavy atom. The minimum Gasteiger partial charge on any atom is -0.369 e. The third-order valence-electron chi connectivity index (χ3n) is 3.72. The first-order valence-corrected chi connectivity index (χ1v) is 6.47. The van der Waals surface area contributed by atoms with Crippen molar-refractivity contribution in [3.8, 4) is 0 Å². The zero-order valence-electron chi connectivity index (χ0n) is 10.0. The van der Waals surface area contributed by atoms with Gasteiger partial charge in [-0.25, -0.2) is 0 Å². The molecule has 1 saturated heterocycles. The van der Waals surface area contributed by atoms with E-state index < -0.39 is 0 Å². The molecule has 1 heterocycles. The van der Waals surface area contributed by atoms with Crippen molar-refractivity contribution < 1.29 is 4.74 Å². The zero-order chi connectivity index (χ0) is 11.5. The van der Waals surface area contributed by atoms with Crippen LogP contribution in [-0.4, -0.2) is 12.7 Å². The summed E-state index contributed by atoms with van der Waals surface area (Å²) < 4.78 is 5.87. The molecule has 2 aliphatic rings. The van der Waals surface area contributed by atoms with E-state index in [1.54, 1.807) is 0 Å². The Hall–Kier alpha value is -1.34. The van der Waals surface area contributed by atoms with Gasteiger partial charge in [0, 0.05) is 5.92 Å². The first-order valence-electron chi connectivity index (χ1n) is 6.47. The smallest absolute Gasteiger partial charge is 0.0829 e. The Kier molecular flexibility index (Phi) is 3.10. The van der Waals surface area contributed by atoms with Crippen molar-refractivity contribution in [3.05, 3.63) is 53.6 Å². The van der Waals surface area contributed by atoms with Crippen LogP contribution in [0, 0.1) is 5.92 Å². The molecule has 3 rings (SSSR count). The summed E-state index contributed by atoms with van der Waals surface area (Å²) in [6, 6.07) is 10.4. The fourth-order valence-electron chi connectivity index (χ4n) is 2.77. The number of allylic oxidation sites excluding steroid dienone is 1. The van der Waals surface area contributed by atoms with Crippen LogP contribution >= 0.6 is 0 Å². The maximum atomic E-state index is 5.87. The normalized spacial score (nSPS) is 28.1. The molecule has 0 spiro atoms. The lowest BCUT2D eigenvalue weighted by atomic mass is 9.86. The highest BCUT2D eigenvalue weighted by atomic mass is 16.5. The van der Waals surface area contributed by atoms with E-state index in [9.17, 15) is 0 Å². The maximum Gasteiger partial charge on any atom is 0.0829 e. The number of ether oxygens (including phenoxy) is 1. The summed E-state index contributed by atoms with van der Waals surface area (Å²) in [7, 11) is 0. The van der Waals surface area contributed by atoms with Crippen LogP contribution in [0.3, 0.4) is 0 Å². The van der Waals surface area contributed by atoms with Gasteiger partial charge in [-0.2, -0.15) is 0 Å². The van der Waals surface area contributed by atoms with Gasteiger partial charge in [0.15, 0.2) is 0 Å². The number of benzene rings is 1. The fourth-order valence-corrected chi connectivity index (χ4v) is 2.77. The van der Waals surface area contributed by atoms with Gasteiger partial charge in [0.25, 0.3) is 0 Å². The molecule has 17 heavy (non-hydrogen) atoms. The maximum absolute atomic E-state index is 5.87. The molecule has 1 fully saturated rings. The molecule has 0 aromatic heterocycles. The SMILES string of the molecule is C1=C2CO[C@@H](/C=C/c3ccccc3)[C@H]2CCC1. The molecule has 0 unspecified atom stereocenters. The lowest BCUT2D eigenvalue weighted by molar-refractivity contribution is 0.127. The zero-order valence-corrected chi connectivity index (χ0v) is 10.0. The van der Waals surface area contributed by atoms with Crippen LogP contribution in [0.25, 0.3) is 6.08 Å². The summed E-state index contributed by atoms with van der Waals surface area (Å²) >= 11 is 0. The van der Waals surface area contributed by atoms with Crippen molar-refractivity contribution in [2.24, 2.45) is 5.92 Å². The first kappa shape index (κ1) is 10.8. The van der Waals surface area contributed by atoms with E-state index in [1.807, 2.05) is 6.07 Å². The summed E-state index contributed by atoms with van der Waals surface area (Å²) in [5, 5.41) is 0. The van der Waals surface area contributed by atoms with Crippen molar-refractivity contribution in [1.82, 2.24) is 0 Å². The van der Waals surface area contributed by atoms with E-state index >= 15 is 0 Å². The van der Waals surface area contributed by atoms with Crippen molar-refractivity contribution in [3.63, 3.8) is 0 Å². The van der Waals surface area contributed by atoms with Crippen LogP contribution in [-0.2, 0) is 4.74 Å². The van der Waals surface area contributed by atoms with Crippen molar-refractivity contribution in [2.75, 3.05) is 6.61 Å². The summed E-state index contributed by atoms with van der Waals surface area (Å²) in [4.78, 5) is 0. The van der Waals surface area contributed by atoms with Crippen LogP contribution in [0.1, 0.15) is 24.8 Å². The Morgan fingerprint density at radius 3 is 2.94 bits per heavy atom. The molecule has 0 amide bonds. The Balaban J connectivity index is 1.72. The fraction of sp³-hybridized carbons (Fsp3) is 0.375. The average molecular weight is 226 g/mol. The van der Waals surface area contributed by atoms with Gasteiger partial charge in [-0.15, -0.1) is 0 Å². The van der Waals surface area contributed by atoms with Gasteiger partial charge >= 0.3 is 0 Å². The van der Waals surface area contributed by atoms with Gasteiger partial charge in [-0.1, -0.05) is 48.6 Å². The molecule has 0 N–H and O–H groups in total. The van der Waals surface area contributed by atoms with Crippen molar-refractivity contribution in [1.29, 1.82) is 0 Å². The van der Waals surface area contributed by atoms with Crippen LogP contribution in [0.2, 0.25) is 0 Å². The Morgan fingerprint density at radius 2 is 2.06 bits per heavy atom. The van der Waals surface area contributed by atoms with Gasteiger partial charge in [-0.05, 0) is 30.4 Å². The van der Waals surface area contributed by atoms with E-state index in [0.29, 0.717) is 12.0 Å². The largest absolute Gasteiger partial charge is 0.369 e. The third-order valence-corrected chi connectivity index (χ3v) is 3.72. The first-order chi connectivity index (χ1) is 8.43. The third kappa shape index (κ3) is 2.34.